The number of likely N-dealkylation sites (tertiary alicyclic amines) is 1. The first kappa shape index (κ1) is 24.2. The molecule has 2 aromatic heterocycles. The number of alkyl halides is 2. The van der Waals surface area contributed by atoms with Crippen LogP contribution in [0.5, 0.6) is 0 Å². The zero-order valence-electron chi connectivity index (χ0n) is 20.1. The fourth-order valence-electron chi connectivity index (χ4n) is 5.19. The van der Waals surface area contributed by atoms with E-state index in [9.17, 15) is 22.8 Å². The van der Waals surface area contributed by atoms with Gasteiger partial charge in [0.05, 0.1) is 17.0 Å². The number of rotatable bonds is 5. The summed E-state index contributed by atoms with van der Waals surface area (Å²) in [7, 11) is 1.51. The van der Waals surface area contributed by atoms with Crippen LogP contribution in [0.1, 0.15) is 60.6 Å². The van der Waals surface area contributed by atoms with Crippen molar-refractivity contribution >= 4 is 22.8 Å². The van der Waals surface area contributed by atoms with Gasteiger partial charge in [-0.15, -0.1) is 0 Å². The zero-order valence-corrected chi connectivity index (χ0v) is 20.1. The Morgan fingerprint density at radius 3 is 2.75 bits per heavy atom. The Morgan fingerprint density at radius 2 is 2.00 bits per heavy atom. The molecule has 2 fully saturated rings. The van der Waals surface area contributed by atoms with E-state index >= 15 is 0 Å². The number of ether oxygens (including phenoxy) is 1. The van der Waals surface area contributed by atoms with E-state index in [-0.39, 0.29) is 34.2 Å². The van der Waals surface area contributed by atoms with Crippen LogP contribution in [0.4, 0.5) is 19.0 Å². The number of aromatic nitrogens is 3. The fraction of sp³-hybridized carbons (Fsp3) is 0.440. The summed E-state index contributed by atoms with van der Waals surface area (Å²) in [5.41, 5.74) is -1.08. The number of halogens is 3. The molecule has 8 nitrogen and oxygen atoms in total. The second-order valence-electron chi connectivity index (χ2n) is 9.67. The van der Waals surface area contributed by atoms with Crippen molar-refractivity contribution in [1.29, 1.82) is 0 Å². The maximum absolute atomic E-state index is 14.7. The van der Waals surface area contributed by atoms with Crippen LogP contribution in [0.2, 0.25) is 0 Å². The molecule has 36 heavy (non-hydrogen) atoms. The van der Waals surface area contributed by atoms with Gasteiger partial charge in [0.15, 0.2) is 0 Å². The molecule has 0 spiro atoms. The SMILES string of the molecule is C[C@@H](Nc1ncnc2c1cc(C(=O)N1CC[C@]3(C)CCO[C@H]13)c(=O)n2C)c1cccc(C(F)F)c1F. The number of nitrogens with zero attached hydrogens (tertiary/aromatic N) is 4. The van der Waals surface area contributed by atoms with E-state index in [2.05, 4.69) is 22.2 Å². The van der Waals surface area contributed by atoms with Crippen LogP contribution in [0.25, 0.3) is 11.0 Å². The van der Waals surface area contributed by atoms with Crippen molar-refractivity contribution < 1.29 is 22.7 Å². The molecule has 4 heterocycles. The summed E-state index contributed by atoms with van der Waals surface area (Å²) in [5, 5.41) is 3.40. The topological polar surface area (TPSA) is 89.4 Å². The van der Waals surface area contributed by atoms with Crippen LogP contribution >= 0.6 is 0 Å². The van der Waals surface area contributed by atoms with Gasteiger partial charge in [-0.25, -0.2) is 23.1 Å². The lowest BCUT2D eigenvalue weighted by Crippen LogP contribution is -2.42. The molecule has 3 aromatic rings. The highest BCUT2D eigenvalue weighted by molar-refractivity contribution is 5.99. The average Bonchev–Trinajstić information content (AvgIpc) is 3.37. The monoisotopic (exact) mass is 501 g/mol. The molecule has 0 aliphatic carbocycles. The standard InChI is InChI=1S/C25H26F3N5O3/c1-13(14-5-4-6-15(18(14)26)19(27)28)31-20-16-11-17(22(34)32(3)21(16)30-12-29-20)23(35)33-9-7-25(2)8-10-36-24(25)33/h4-6,11-13,19,24H,7-10H2,1-3H3,(H,29,30,31)/t13-,24+,25-/m1/s1. The third-order valence-corrected chi connectivity index (χ3v) is 7.36. The van der Waals surface area contributed by atoms with Crippen molar-refractivity contribution in [3.05, 3.63) is 63.5 Å². The highest BCUT2D eigenvalue weighted by atomic mass is 19.3. The van der Waals surface area contributed by atoms with Gasteiger partial charge in [0.2, 0.25) is 0 Å². The molecule has 11 heteroatoms. The molecule has 0 saturated carbocycles. The van der Waals surface area contributed by atoms with Crippen molar-refractivity contribution in [2.45, 2.75) is 45.4 Å². The Labute approximate surface area is 205 Å². The Morgan fingerprint density at radius 1 is 1.25 bits per heavy atom. The number of hydrogen-bond acceptors (Lipinski definition) is 6. The van der Waals surface area contributed by atoms with E-state index in [4.69, 9.17) is 4.74 Å². The van der Waals surface area contributed by atoms with Crippen LogP contribution in [0.15, 0.2) is 35.4 Å². The van der Waals surface area contributed by atoms with Crippen molar-refractivity contribution in [3.63, 3.8) is 0 Å². The molecule has 0 bridgehead atoms. The molecule has 5 rings (SSSR count). The van der Waals surface area contributed by atoms with Crippen LogP contribution in [0, 0.1) is 11.2 Å². The Balaban J connectivity index is 1.53. The molecule has 2 saturated heterocycles. The lowest BCUT2D eigenvalue weighted by molar-refractivity contribution is -0.0175. The molecule has 1 amide bonds. The molecule has 0 radical (unpaired) electrons. The molecule has 2 aliphatic rings. The number of nitrogens with one attached hydrogen (secondary N) is 1. The molecule has 2 aliphatic heterocycles. The number of amides is 1. The van der Waals surface area contributed by atoms with Gasteiger partial charge < -0.3 is 15.0 Å². The maximum atomic E-state index is 14.7. The van der Waals surface area contributed by atoms with Gasteiger partial charge in [0, 0.05) is 31.2 Å². The lowest BCUT2D eigenvalue weighted by atomic mass is 9.87. The summed E-state index contributed by atoms with van der Waals surface area (Å²) in [4.78, 5) is 36.6. The minimum Gasteiger partial charge on any atom is -0.363 e. The van der Waals surface area contributed by atoms with Gasteiger partial charge >= 0.3 is 0 Å². The number of carbonyl (C=O) groups is 1. The Kier molecular flexibility index (Phi) is 5.98. The summed E-state index contributed by atoms with van der Waals surface area (Å²) in [5.74, 6) is -1.20. The summed E-state index contributed by atoms with van der Waals surface area (Å²) in [6, 6.07) is 4.52. The van der Waals surface area contributed by atoms with Crippen LogP contribution in [-0.2, 0) is 11.8 Å². The number of anilines is 1. The van der Waals surface area contributed by atoms with Crippen LogP contribution in [0.3, 0.4) is 0 Å². The number of hydrogen-bond donors (Lipinski definition) is 1. The van der Waals surface area contributed by atoms with E-state index in [1.165, 1.54) is 36.1 Å². The van der Waals surface area contributed by atoms with E-state index in [0.717, 1.165) is 18.9 Å². The van der Waals surface area contributed by atoms with Gasteiger partial charge in [-0.1, -0.05) is 25.1 Å². The minimum atomic E-state index is -2.95. The lowest BCUT2D eigenvalue weighted by Gasteiger charge is -2.27. The van der Waals surface area contributed by atoms with Crippen molar-refractivity contribution in [2.24, 2.45) is 12.5 Å². The largest absolute Gasteiger partial charge is 0.363 e. The van der Waals surface area contributed by atoms with Crippen LogP contribution in [-0.4, -0.2) is 44.7 Å². The summed E-state index contributed by atoms with van der Waals surface area (Å²) >= 11 is 0. The molecule has 3 atom stereocenters. The molecular formula is C25H26F3N5O3. The third kappa shape index (κ3) is 3.82. The summed E-state index contributed by atoms with van der Waals surface area (Å²) < 4.78 is 48.2. The van der Waals surface area contributed by atoms with E-state index in [0.29, 0.717) is 18.5 Å². The summed E-state index contributed by atoms with van der Waals surface area (Å²) in [6.45, 7) is 4.73. The third-order valence-electron chi connectivity index (χ3n) is 7.36. The Bertz CT molecular complexity index is 1410. The van der Waals surface area contributed by atoms with E-state index in [1.54, 1.807) is 11.8 Å². The first-order chi connectivity index (χ1) is 17.1. The second kappa shape index (κ2) is 8.88. The summed E-state index contributed by atoms with van der Waals surface area (Å²) in [6.07, 6.45) is -0.465. The second-order valence-corrected chi connectivity index (χ2v) is 9.67. The molecule has 190 valence electrons. The molecule has 0 unspecified atom stereocenters. The zero-order chi connectivity index (χ0) is 25.8. The van der Waals surface area contributed by atoms with Crippen LogP contribution < -0.4 is 10.9 Å². The smallest absolute Gasteiger partial charge is 0.266 e. The number of aryl methyl sites for hydroxylation is 1. The van der Waals surface area contributed by atoms with Gasteiger partial charge in [-0.2, -0.15) is 0 Å². The first-order valence-electron chi connectivity index (χ1n) is 11.7. The fourth-order valence-corrected chi connectivity index (χ4v) is 5.19. The van der Waals surface area contributed by atoms with Gasteiger partial charge in [0.25, 0.3) is 17.9 Å². The average molecular weight is 502 g/mol. The Hall–Kier alpha value is -3.47. The van der Waals surface area contributed by atoms with Crippen molar-refractivity contribution in [2.75, 3.05) is 18.5 Å². The number of carbonyl (C=O) groups excluding carboxylic acids is 1. The van der Waals surface area contributed by atoms with Gasteiger partial charge in [0.1, 0.15) is 35.4 Å². The molecular weight excluding hydrogens is 475 g/mol. The minimum absolute atomic E-state index is 0.0374. The molecule has 1 aromatic carbocycles. The highest BCUT2D eigenvalue weighted by Crippen LogP contribution is 2.45. The van der Waals surface area contributed by atoms with Crippen molar-refractivity contribution in [1.82, 2.24) is 19.4 Å². The van der Waals surface area contributed by atoms with Crippen molar-refractivity contribution in [3.8, 4) is 0 Å². The predicted molar refractivity (Wildman–Crippen MR) is 126 cm³/mol. The first-order valence-corrected chi connectivity index (χ1v) is 11.7. The quantitative estimate of drug-likeness (QED) is 0.564. The number of benzene rings is 1. The van der Waals surface area contributed by atoms with E-state index in [1.807, 2.05) is 0 Å². The van der Waals surface area contributed by atoms with E-state index < -0.39 is 35.3 Å². The van der Waals surface area contributed by atoms with Gasteiger partial charge in [-0.3, -0.25) is 14.2 Å². The maximum Gasteiger partial charge on any atom is 0.266 e. The number of fused-ring (bicyclic) bond motifs is 2. The van der Waals surface area contributed by atoms with Gasteiger partial charge in [-0.05, 0) is 25.8 Å². The predicted octanol–water partition coefficient (Wildman–Crippen LogP) is 4.18. The highest BCUT2D eigenvalue weighted by Gasteiger charge is 2.50. The number of pyridine rings is 1. The normalized spacial score (nSPS) is 22.3. The molecule has 1 N–H and O–H groups in total.